The maximum absolute atomic E-state index is 7.68. The molecule has 6 nitrogen and oxygen atoms in total. The Bertz CT molecular complexity index is 3730. The van der Waals surface area contributed by atoms with Crippen LogP contribution < -0.4 is 51.4 Å². The number of unbranched alkanes of at least 4 members (excludes halogenated alkanes) is 2. The number of nitrogens with two attached hydrogens (primary N) is 1. The largest absolute Gasteiger partial charge is 0.413 e. The lowest BCUT2D eigenvalue weighted by Crippen LogP contribution is -2.92. The first kappa shape index (κ1) is 47.6. The molecule has 6 aliphatic rings. The highest BCUT2D eigenvalue weighted by Gasteiger charge is 2.53. The molecule has 1 aliphatic carbocycles. The van der Waals surface area contributed by atoms with Gasteiger partial charge in [0.1, 0.15) is 17.6 Å². The minimum Gasteiger partial charge on any atom is -0.413 e. The van der Waals surface area contributed by atoms with Crippen molar-refractivity contribution in [3.63, 3.8) is 0 Å². The quantitative estimate of drug-likeness (QED) is 0.138. The van der Waals surface area contributed by atoms with Crippen molar-refractivity contribution in [2.24, 2.45) is 5.92 Å². The van der Waals surface area contributed by atoms with E-state index in [1.807, 2.05) is 11.3 Å². The molecule has 76 heavy (non-hydrogen) atoms. The maximum atomic E-state index is 7.68. The number of pyridine rings is 1. The van der Waals surface area contributed by atoms with Crippen LogP contribution in [-0.4, -0.2) is 24.5 Å². The van der Waals surface area contributed by atoms with Gasteiger partial charge in [0, 0.05) is 66.2 Å². The number of nitrogens with zero attached hydrogens (tertiary/aromatic N) is 4. The summed E-state index contributed by atoms with van der Waals surface area (Å²) >= 11 is 1.97. The first-order valence-electron chi connectivity index (χ1n) is 28.4. The SMILES string of the molecule is CCCCc1cc2c3c(n1)N(c1ccccc1)c1c(cc4c(c1C)OC1=C5B4c4ccccc4N(c4ccccc4)C5=CC(C(C)CCCC)[NH2+]1)B3c1sc3ccccc3c1N2c1ccc2c(c1)C(C)(C)CCC2(C)C. The molecule has 0 saturated heterocycles. The van der Waals surface area contributed by atoms with E-state index in [9.17, 15) is 0 Å². The summed E-state index contributed by atoms with van der Waals surface area (Å²) in [6.45, 7) is 19.1. The van der Waals surface area contributed by atoms with Crippen molar-refractivity contribution in [1.82, 2.24) is 4.98 Å². The Morgan fingerprint density at radius 2 is 1.38 bits per heavy atom. The Labute approximate surface area is 454 Å². The normalized spacial score (nSPS) is 18.4. The van der Waals surface area contributed by atoms with Gasteiger partial charge in [0.05, 0.1) is 16.9 Å². The number of ether oxygens (including phenoxy) is 1. The number of aryl methyl sites for hydroxylation is 1. The first-order chi connectivity index (χ1) is 37.0. The number of allylic oxidation sites excluding steroid dienone is 1. The van der Waals surface area contributed by atoms with Crippen molar-refractivity contribution >= 4 is 107 Å². The molecule has 6 aromatic carbocycles. The lowest BCUT2D eigenvalue weighted by atomic mass is 9.31. The fraction of sp³-hybridized carbons (Fsp3) is 0.299. The molecule has 8 aromatic rings. The topological polar surface area (TPSA) is 48.5 Å². The molecular weight excluding hydrogens is 944 g/mol. The first-order valence-corrected chi connectivity index (χ1v) is 29.2. The Hall–Kier alpha value is -6.80. The molecular formula is C67H68B2N5OS+. The van der Waals surface area contributed by atoms with Crippen molar-refractivity contribution in [2.75, 3.05) is 14.7 Å². The molecule has 5 aliphatic heterocycles. The molecule has 2 unspecified atom stereocenters. The van der Waals surface area contributed by atoms with Gasteiger partial charge in [-0.2, -0.15) is 0 Å². The average Bonchev–Trinajstić information content (AvgIpc) is 3.98. The summed E-state index contributed by atoms with van der Waals surface area (Å²) in [4.78, 5) is 13.6. The molecule has 0 fully saturated rings. The van der Waals surface area contributed by atoms with E-state index in [0.717, 1.165) is 60.1 Å². The number of rotatable bonds is 10. The molecule has 0 bridgehead atoms. The Balaban J connectivity index is 1.06. The third-order valence-electron chi connectivity index (χ3n) is 18.3. The summed E-state index contributed by atoms with van der Waals surface area (Å²) in [7, 11) is 0. The fourth-order valence-electron chi connectivity index (χ4n) is 14.2. The zero-order valence-electron chi connectivity index (χ0n) is 45.5. The van der Waals surface area contributed by atoms with Gasteiger partial charge >= 0.3 is 0 Å². The minimum absolute atomic E-state index is 0.0426. The van der Waals surface area contributed by atoms with Crippen molar-refractivity contribution in [3.05, 3.63) is 185 Å². The predicted molar refractivity (Wildman–Crippen MR) is 322 cm³/mol. The highest BCUT2D eigenvalue weighted by atomic mass is 32.1. The lowest BCUT2D eigenvalue weighted by Gasteiger charge is -2.46. The van der Waals surface area contributed by atoms with Crippen molar-refractivity contribution < 1.29 is 10.1 Å². The number of para-hydroxylation sites is 3. The van der Waals surface area contributed by atoms with Crippen LogP contribution in [0.4, 0.5) is 45.6 Å². The van der Waals surface area contributed by atoms with Crippen molar-refractivity contribution in [2.45, 2.75) is 124 Å². The van der Waals surface area contributed by atoms with Crippen LogP contribution in [0.3, 0.4) is 0 Å². The average molecular weight is 1010 g/mol. The molecule has 14 rings (SSSR count). The summed E-state index contributed by atoms with van der Waals surface area (Å²) in [5.74, 6) is 3.46. The molecule has 0 saturated carbocycles. The van der Waals surface area contributed by atoms with E-state index < -0.39 is 0 Å². The van der Waals surface area contributed by atoms with Crippen LogP contribution in [0.1, 0.15) is 116 Å². The monoisotopic (exact) mass is 1010 g/mol. The van der Waals surface area contributed by atoms with Gasteiger partial charge in [0.15, 0.2) is 0 Å². The minimum atomic E-state index is -0.0832. The van der Waals surface area contributed by atoms with Gasteiger partial charge in [-0.3, -0.25) is 10.2 Å². The van der Waals surface area contributed by atoms with Crippen LogP contribution in [0, 0.1) is 12.8 Å². The number of thiophene rings is 1. The molecule has 378 valence electrons. The van der Waals surface area contributed by atoms with Crippen molar-refractivity contribution in [1.29, 1.82) is 0 Å². The second kappa shape index (κ2) is 17.9. The summed E-state index contributed by atoms with van der Waals surface area (Å²) in [6.07, 6.45) is 11.6. The summed E-state index contributed by atoms with van der Waals surface area (Å²) in [5.41, 5.74) is 21.5. The smallest absolute Gasteiger partial charge is 0.291 e. The summed E-state index contributed by atoms with van der Waals surface area (Å²) < 4.78 is 10.4. The number of hydrogen-bond donors (Lipinski definition) is 1. The Morgan fingerprint density at radius 1 is 0.684 bits per heavy atom. The highest BCUT2D eigenvalue weighted by molar-refractivity contribution is 7.33. The molecule has 0 amide bonds. The van der Waals surface area contributed by atoms with Crippen LogP contribution in [-0.2, 0) is 17.3 Å². The number of fused-ring (bicyclic) bond motifs is 11. The third kappa shape index (κ3) is 7.13. The van der Waals surface area contributed by atoms with E-state index in [2.05, 4.69) is 221 Å². The number of hydrogen-bond acceptors (Lipinski definition) is 6. The molecule has 0 spiro atoms. The van der Waals surface area contributed by atoms with Crippen LogP contribution in [0.2, 0.25) is 0 Å². The summed E-state index contributed by atoms with van der Waals surface area (Å²) in [5, 5.41) is 3.78. The number of benzene rings is 6. The molecule has 2 N–H and O–H groups in total. The third-order valence-corrected chi connectivity index (χ3v) is 19.6. The Morgan fingerprint density at radius 3 is 2.14 bits per heavy atom. The molecule has 7 heterocycles. The van der Waals surface area contributed by atoms with Gasteiger partial charge in [-0.05, 0) is 144 Å². The van der Waals surface area contributed by atoms with Gasteiger partial charge in [0.2, 0.25) is 0 Å². The molecule has 0 radical (unpaired) electrons. The number of anilines is 8. The number of aromatic nitrogens is 1. The van der Waals surface area contributed by atoms with E-state index in [0.29, 0.717) is 5.92 Å². The van der Waals surface area contributed by atoms with Crippen LogP contribution in [0.25, 0.3) is 10.1 Å². The van der Waals surface area contributed by atoms with E-state index in [1.54, 1.807) is 0 Å². The summed E-state index contributed by atoms with van der Waals surface area (Å²) in [6, 6.07) is 53.2. The standard InChI is InChI=1S/C67H67B2N5OS/c1-9-11-23-41(3)53-40-56-59-65(71-53)75-62-42(4)60-51(39-52(62)68(59)50-30-20-21-31-54(50)72(56)44-25-15-13-16-26-44)69-58-55(37-43(24-12-10-2)70-64(58)74(60)45-27-17-14-18-28-45)73(61-47-29-19-22-32-57(47)76-63(61)69)46-33-34-48-49(38-46)67(7,8)36-35-66(48,5)6/h13-22,25-34,37-41,53,71H,9-12,23-24,35-36H2,1-8H3/p+1. The molecule has 9 heteroatoms. The maximum Gasteiger partial charge on any atom is 0.291 e. The van der Waals surface area contributed by atoms with Gasteiger partial charge in [-0.15, -0.1) is 11.3 Å². The van der Waals surface area contributed by atoms with E-state index in [4.69, 9.17) is 9.72 Å². The number of quaternary nitrogens is 1. The van der Waals surface area contributed by atoms with Crippen LogP contribution in [0.5, 0.6) is 5.75 Å². The van der Waals surface area contributed by atoms with Gasteiger partial charge in [-0.25, -0.2) is 4.98 Å². The van der Waals surface area contributed by atoms with Crippen LogP contribution in [0.15, 0.2) is 163 Å². The lowest BCUT2D eigenvalue weighted by molar-refractivity contribution is -0.660. The van der Waals surface area contributed by atoms with E-state index >= 15 is 0 Å². The van der Waals surface area contributed by atoms with Crippen molar-refractivity contribution in [3.8, 4) is 5.75 Å². The Kier molecular flexibility index (Phi) is 11.2. The zero-order chi connectivity index (χ0) is 51.8. The van der Waals surface area contributed by atoms with Crippen LogP contribution >= 0.6 is 11.3 Å². The molecule has 2 atom stereocenters. The fourth-order valence-corrected chi connectivity index (χ4v) is 15.5. The van der Waals surface area contributed by atoms with E-state index in [1.165, 1.54) is 119 Å². The second-order valence-corrected chi connectivity index (χ2v) is 25.1. The molecule has 2 aromatic heterocycles. The highest BCUT2D eigenvalue weighted by Crippen LogP contribution is 2.53. The van der Waals surface area contributed by atoms with E-state index in [-0.39, 0.29) is 30.3 Å². The second-order valence-electron chi connectivity index (χ2n) is 24.0. The van der Waals surface area contributed by atoms with Gasteiger partial charge in [0.25, 0.3) is 19.3 Å². The predicted octanol–water partition coefficient (Wildman–Crippen LogP) is 12.9. The zero-order valence-corrected chi connectivity index (χ0v) is 46.3. The van der Waals surface area contributed by atoms with Gasteiger partial charge in [-0.1, -0.05) is 153 Å². The van der Waals surface area contributed by atoms with Gasteiger partial charge < -0.3 is 14.5 Å².